The number of nitrogens with one attached hydrogen (secondary N) is 1. The van der Waals surface area contributed by atoms with Crippen LogP contribution in [0.4, 0.5) is 0 Å². The maximum atomic E-state index is 6.14. The van der Waals surface area contributed by atoms with Crippen molar-refractivity contribution in [3.05, 3.63) is 29.0 Å². The highest BCUT2D eigenvalue weighted by molar-refractivity contribution is 6.31. The van der Waals surface area contributed by atoms with E-state index in [1.165, 1.54) is 43.4 Å². The smallest absolute Gasteiger partial charge is 0.114 e. The van der Waals surface area contributed by atoms with Gasteiger partial charge in [-0.1, -0.05) is 11.6 Å². The van der Waals surface area contributed by atoms with Crippen molar-refractivity contribution in [3.8, 4) is 0 Å². The molecule has 0 spiro atoms. The first-order chi connectivity index (χ1) is 9.79. The van der Waals surface area contributed by atoms with Gasteiger partial charge < -0.3 is 9.88 Å². The Labute approximate surface area is 123 Å². The zero-order valence-electron chi connectivity index (χ0n) is 11.3. The minimum Gasteiger partial charge on any atom is -0.325 e. The second-order valence-corrected chi connectivity index (χ2v) is 7.03. The van der Waals surface area contributed by atoms with E-state index in [4.69, 9.17) is 16.6 Å². The van der Waals surface area contributed by atoms with Crippen LogP contribution in [0.5, 0.6) is 0 Å². The van der Waals surface area contributed by atoms with Crippen molar-refractivity contribution in [2.24, 2.45) is 0 Å². The Hall–Kier alpha value is -1.06. The Bertz CT molecular complexity index is 688. The number of fused-ring (bicyclic) bond motifs is 3. The number of rotatable bonds is 2. The average Bonchev–Trinajstić information content (AvgIpc) is 2.92. The molecule has 1 aromatic carbocycles. The molecule has 3 aliphatic rings. The zero-order chi connectivity index (χ0) is 13.3. The van der Waals surface area contributed by atoms with Gasteiger partial charge >= 0.3 is 0 Å². The van der Waals surface area contributed by atoms with Crippen LogP contribution in [0, 0.1) is 0 Å². The SMILES string of the molecule is Clc1ccc2c(c1)nc(C1CC3CCC1N3)n2C1CC1. The molecule has 3 heterocycles. The van der Waals surface area contributed by atoms with Crippen LogP contribution in [0.15, 0.2) is 18.2 Å². The summed E-state index contributed by atoms with van der Waals surface area (Å²) >= 11 is 6.14. The molecule has 3 fully saturated rings. The third-order valence-electron chi connectivity index (χ3n) is 5.22. The number of benzene rings is 1. The van der Waals surface area contributed by atoms with Gasteiger partial charge in [0.15, 0.2) is 0 Å². The van der Waals surface area contributed by atoms with Gasteiger partial charge in [0.2, 0.25) is 0 Å². The summed E-state index contributed by atoms with van der Waals surface area (Å²) < 4.78 is 2.51. The Morgan fingerprint density at radius 1 is 1.20 bits per heavy atom. The molecule has 3 unspecified atom stereocenters. The lowest BCUT2D eigenvalue weighted by atomic mass is 9.88. The molecule has 2 saturated heterocycles. The van der Waals surface area contributed by atoms with Gasteiger partial charge in [-0.3, -0.25) is 0 Å². The summed E-state index contributed by atoms with van der Waals surface area (Å²) in [6.07, 6.45) is 6.51. The Morgan fingerprint density at radius 2 is 2.10 bits per heavy atom. The minimum absolute atomic E-state index is 0.598. The maximum absolute atomic E-state index is 6.14. The van der Waals surface area contributed by atoms with Crippen molar-refractivity contribution in [1.82, 2.24) is 14.9 Å². The lowest BCUT2D eigenvalue weighted by molar-refractivity contribution is 0.470. The van der Waals surface area contributed by atoms with E-state index in [2.05, 4.69) is 16.0 Å². The minimum atomic E-state index is 0.598. The highest BCUT2D eigenvalue weighted by Gasteiger charge is 2.43. The van der Waals surface area contributed by atoms with Gasteiger partial charge in [0, 0.05) is 29.1 Å². The van der Waals surface area contributed by atoms with Gasteiger partial charge in [-0.05, 0) is 50.3 Å². The molecule has 3 nitrogen and oxygen atoms in total. The fourth-order valence-electron chi connectivity index (χ4n) is 4.18. The number of nitrogens with zero attached hydrogens (tertiary/aromatic N) is 2. The van der Waals surface area contributed by atoms with Crippen LogP contribution in [-0.4, -0.2) is 21.6 Å². The third-order valence-corrected chi connectivity index (χ3v) is 5.46. The maximum Gasteiger partial charge on any atom is 0.114 e. The molecule has 3 atom stereocenters. The van der Waals surface area contributed by atoms with Crippen LogP contribution in [0.25, 0.3) is 11.0 Å². The van der Waals surface area contributed by atoms with E-state index >= 15 is 0 Å². The summed E-state index contributed by atoms with van der Waals surface area (Å²) in [6.45, 7) is 0. The molecule has 20 heavy (non-hydrogen) atoms. The van der Waals surface area contributed by atoms with Crippen LogP contribution in [0.2, 0.25) is 5.02 Å². The van der Waals surface area contributed by atoms with Crippen LogP contribution in [-0.2, 0) is 0 Å². The summed E-state index contributed by atoms with van der Waals surface area (Å²) in [5.41, 5.74) is 2.34. The van der Waals surface area contributed by atoms with E-state index in [1.807, 2.05) is 12.1 Å². The van der Waals surface area contributed by atoms with Crippen molar-refractivity contribution < 1.29 is 0 Å². The number of halogens is 1. The van der Waals surface area contributed by atoms with Gasteiger partial charge in [-0.25, -0.2) is 4.98 Å². The predicted molar refractivity (Wildman–Crippen MR) is 80.3 cm³/mol. The van der Waals surface area contributed by atoms with Gasteiger partial charge in [-0.2, -0.15) is 0 Å². The monoisotopic (exact) mass is 287 g/mol. The number of imidazole rings is 1. The number of hydrogen-bond donors (Lipinski definition) is 1. The Balaban J connectivity index is 1.68. The molecule has 1 saturated carbocycles. The molecule has 0 radical (unpaired) electrons. The molecule has 2 aliphatic heterocycles. The van der Waals surface area contributed by atoms with Gasteiger partial charge in [0.1, 0.15) is 5.82 Å². The Morgan fingerprint density at radius 3 is 2.80 bits per heavy atom. The topological polar surface area (TPSA) is 29.9 Å². The van der Waals surface area contributed by atoms with Crippen molar-refractivity contribution in [2.75, 3.05) is 0 Å². The highest BCUT2D eigenvalue weighted by atomic mass is 35.5. The van der Waals surface area contributed by atoms with Crippen LogP contribution in [0.1, 0.15) is 49.9 Å². The highest BCUT2D eigenvalue weighted by Crippen LogP contribution is 2.45. The standard InChI is InChI=1S/C16H18ClN3/c17-9-1-6-15-14(7-9)19-16(20(15)11-3-4-11)12-8-10-2-5-13(12)18-10/h1,6-7,10-13,18H,2-5,8H2. The first-order valence-electron chi connectivity index (χ1n) is 7.73. The van der Waals surface area contributed by atoms with E-state index in [9.17, 15) is 0 Å². The summed E-state index contributed by atoms with van der Waals surface area (Å²) in [4.78, 5) is 4.97. The first kappa shape index (κ1) is 11.6. The van der Waals surface area contributed by atoms with Crippen LogP contribution >= 0.6 is 11.6 Å². The molecule has 4 heteroatoms. The van der Waals surface area contributed by atoms with Crippen LogP contribution in [0.3, 0.4) is 0 Å². The van der Waals surface area contributed by atoms with E-state index < -0.39 is 0 Å². The Kier molecular flexibility index (Phi) is 2.31. The van der Waals surface area contributed by atoms with E-state index in [0.717, 1.165) is 16.6 Å². The largest absolute Gasteiger partial charge is 0.325 e. The van der Waals surface area contributed by atoms with E-state index in [-0.39, 0.29) is 0 Å². The molecule has 104 valence electrons. The fraction of sp³-hybridized carbons (Fsp3) is 0.562. The van der Waals surface area contributed by atoms with Crippen molar-refractivity contribution in [1.29, 1.82) is 0 Å². The normalized spacial score (nSPS) is 32.4. The van der Waals surface area contributed by atoms with Gasteiger partial charge in [0.25, 0.3) is 0 Å². The molecular weight excluding hydrogens is 270 g/mol. The second kappa shape index (κ2) is 3.99. The summed E-state index contributed by atoms with van der Waals surface area (Å²) in [5, 5.41) is 4.53. The van der Waals surface area contributed by atoms with E-state index in [1.54, 1.807) is 0 Å². The van der Waals surface area contributed by atoms with Gasteiger partial charge in [-0.15, -0.1) is 0 Å². The molecule has 0 amide bonds. The lowest BCUT2D eigenvalue weighted by Crippen LogP contribution is -2.23. The molecule has 2 aromatic rings. The molecule has 2 bridgehead atoms. The second-order valence-electron chi connectivity index (χ2n) is 6.59. The average molecular weight is 288 g/mol. The van der Waals surface area contributed by atoms with Crippen molar-refractivity contribution in [2.45, 2.75) is 56.1 Å². The fourth-order valence-corrected chi connectivity index (χ4v) is 4.34. The summed E-state index contributed by atoms with van der Waals surface area (Å²) in [7, 11) is 0. The number of hydrogen-bond acceptors (Lipinski definition) is 2. The van der Waals surface area contributed by atoms with Crippen molar-refractivity contribution in [3.63, 3.8) is 0 Å². The zero-order valence-corrected chi connectivity index (χ0v) is 12.1. The van der Waals surface area contributed by atoms with Crippen LogP contribution < -0.4 is 5.32 Å². The van der Waals surface area contributed by atoms with E-state index in [0.29, 0.717) is 18.0 Å². The predicted octanol–water partition coefficient (Wildman–Crippen LogP) is 3.63. The summed E-state index contributed by atoms with van der Waals surface area (Å²) in [5.74, 6) is 1.91. The number of aromatic nitrogens is 2. The quantitative estimate of drug-likeness (QED) is 0.914. The summed E-state index contributed by atoms with van der Waals surface area (Å²) in [6, 6.07) is 8.20. The molecule has 1 aromatic heterocycles. The third kappa shape index (κ3) is 1.60. The molecule has 5 rings (SSSR count). The van der Waals surface area contributed by atoms with Gasteiger partial charge in [0.05, 0.1) is 11.0 Å². The molecule has 1 N–H and O–H groups in total. The molecular formula is C16H18ClN3. The lowest BCUT2D eigenvalue weighted by Gasteiger charge is -2.21. The molecule has 1 aliphatic carbocycles. The first-order valence-corrected chi connectivity index (χ1v) is 8.11. The van der Waals surface area contributed by atoms with Crippen molar-refractivity contribution >= 4 is 22.6 Å².